The number of alkyl halides is 3. The number of ether oxygens (including phenoxy) is 1. The Morgan fingerprint density at radius 2 is 1.56 bits per heavy atom. The molecule has 0 radical (unpaired) electrons. The molecule has 0 unspecified atom stereocenters. The Balaban J connectivity index is 1.46. The van der Waals surface area contributed by atoms with E-state index in [4.69, 9.17) is 5.11 Å². The third-order valence-electron chi connectivity index (χ3n) is 5.75. The average Bonchev–Trinajstić information content (AvgIpc) is 2.73. The molecule has 0 amide bonds. The van der Waals surface area contributed by atoms with Crippen LogP contribution in [0.5, 0.6) is 5.75 Å². The van der Waals surface area contributed by atoms with Gasteiger partial charge in [0.15, 0.2) is 11.6 Å². The largest absolute Gasteiger partial charge is 0.573 e. The van der Waals surface area contributed by atoms with E-state index in [-0.39, 0.29) is 48.3 Å². The number of benzene rings is 1. The Labute approximate surface area is 184 Å². The topological polar surface area (TPSA) is 82.1 Å². The van der Waals surface area contributed by atoms with Crippen molar-refractivity contribution in [2.45, 2.75) is 25.1 Å². The highest BCUT2D eigenvalue weighted by molar-refractivity contribution is 6.22. The predicted molar refractivity (Wildman–Crippen MR) is 111 cm³/mol. The summed E-state index contributed by atoms with van der Waals surface area (Å²) >= 11 is 0. The molecule has 0 spiro atoms. The van der Waals surface area contributed by atoms with Crippen LogP contribution in [0.1, 0.15) is 24.3 Å². The summed E-state index contributed by atoms with van der Waals surface area (Å²) in [6, 6.07) is 5.29. The van der Waals surface area contributed by atoms with Gasteiger partial charge in [0, 0.05) is 64.9 Å². The first kappa shape index (κ1) is 24.2. The number of β-amino-alcohol motifs (C(OH)–C–C–N with tert-alkyl or cyclic N) is 1. The van der Waals surface area contributed by atoms with Gasteiger partial charge in [-0.25, -0.2) is 0 Å². The number of carbonyl (C=O) groups is 2. The highest BCUT2D eigenvalue weighted by Crippen LogP contribution is 2.33. The van der Waals surface area contributed by atoms with Gasteiger partial charge in [0.1, 0.15) is 5.75 Å². The van der Waals surface area contributed by atoms with Crippen LogP contribution >= 0.6 is 0 Å². The van der Waals surface area contributed by atoms with Gasteiger partial charge in [-0.2, -0.15) is 0 Å². The van der Waals surface area contributed by atoms with Gasteiger partial charge in [-0.3, -0.25) is 19.4 Å². The molecule has 2 N–H and O–H groups in total. The summed E-state index contributed by atoms with van der Waals surface area (Å²) in [4.78, 5) is 29.5. The molecule has 1 saturated heterocycles. The van der Waals surface area contributed by atoms with Gasteiger partial charge < -0.3 is 15.2 Å². The fourth-order valence-electron chi connectivity index (χ4n) is 4.01. The lowest BCUT2D eigenvalue weighted by atomic mass is 9.80. The van der Waals surface area contributed by atoms with E-state index in [1.165, 1.54) is 30.5 Å². The number of piperazine rings is 1. The molecule has 1 aliphatic carbocycles. The summed E-state index contributed by atoms with van der Waals surface area (Å²) in [6.07, 6.45) is -3.01. The van der Waals surface area contributed by atoms with Crippen molar-refractivity contribution in [1.82, 2.24) is 15.1 Å². The minimum atomic E-state index is -4.76. The molecule has 0 atom stereocenters. The van der Waals surface area contributed by atoms with Crippen molar-refractivity contribution in [2.75, 3.05) is 52.4 Å². The second-order valence-electron chi connectivity index (χ2n) is 7.99. The molecule has 1 aromatic rings. The Hall–Kier alpha value is -2.43. The first-order valence-corrected chi connectivity index (χ1v) is 10.7. The number of Topliss-reactive ketones (excluding diaryl/α,β-unsaturated/α-hetero) is 2. The smallest absolute Gasteiger partial charge is 0.406 e. The van der Waals surface area contributed by atoms with Crippen molar-refractivity contribution in [3.05, 3.63) is 41.6 Å². The van der Waals surface area contributed by atoms with Crippen molar-refractivity contribution in [3.8, 4) is 5.75 Å². The second-order valence-corrected chi connectivity index (χ2v) is 7.99. The second kappa shape index (κ2) is 10.9. The molecule has 1 heterocycles. The van der Waals surface area contributed by atoms with Gasteiger partial charge in [-0.15, -0.1) is 13.2 Å². The van der Waals surface area contributed by atoms with Gasteiger partial charge >= 0.3 is 6.36 Å². The predicted octanol–water partition coefficient (Wildman–Crippen LogP) is 1.68. The number of hydrogen-bond acceptors (Lipinski definition) is 7. The number of rotatable bonds is 8. The highest BCUT2D eigenvalue weighted by Gasteiger charge is 2.33. The summed E-state index contributed by atoms with van der Waals surface area (Å²) in [5.74, 6) is -1.24. The lowest BCUT2D eigenvalue weighted by Crippen LogP contribution is -2.48. The fourth-order valence-corrected chi connectivity index (χ4v) is 4.01. The average molecular weight is 455 g/mol. The molecule has 176 valence electrons. The van der Waals surface area contributed by atoms with E-state index >= 15 is 0 Å². The van der Waals surface area contributed by atoms with Crippen LogP contribution < -0.4 is 10.1 Å². The Bertz CT molecular complexity index is 799. The monoisotopic (exact) mass is 455 g/mol. The molecule has 1 aromatic carbocycles. The highest BCUT2D eigenvalue weighted by atomic mass is 19.4. The van der Waals surface area contributed by atoms with Crippen LogP contribution in [0.3, 0.4) is 0 Å². The van der Waals surface area contributed by atoms with Crippen molar-refractivity contribution in [3.63, 3.8) is 0 Å². The molecule has 1 saturated carbocycles. The molecule has 0 bridgehead atoms. The molecule has 7 nitrogen and oxygen atoms in total. The standard InChI is InChI=1S/C22H28F3N3O4/c23-22(24,25)32-18-3-1-16(2-4-18)17-13-20(30)19(21(31)14-17)15-26-5-6-27-7-9-28(10-8-27)11-12-29/h1-4,15,17,26,29H,5-14H2. The normalized spacial score (nSPS) is 21.0. The first-order valence-electron chi connectivity index (χ1n) is 10.7. The molecule has 0 aromatic heterocycles. The van der Waals surface area contributed by atoms with E-state index in [1.807, 2.05) is 0 Å². The molecule has 32 heavy (non-hydrogen) atoms. The third kappa shape index (κ3) is 7.04. The Kier molecular flexibility index (Phi) is 8.27. The van der Waals surface area contributed by atoms with Crippen LogP contribution in [0, 0.1) is 0 Å². The maximum Gasteiger partial charge on any atom is 0.573 e. The van der Waals surface area contributed by atoms with E-state index < -0.39 is 6.36 Å². The summed E-state index contributed by atoms with van der Waals surface area (Å²) < 4.78 is 40.7. The number of halogens is 3. The number of hydrogen-bond donors (Lipinski definition) is 2. The number of aliphatic hydroxyl groups is 1. The number of nitrogens with one attached hydrogen (secondary N) is 1. The lowest BCUT2D eigenvalue weighted by molar-refractivity contribution is -0.274. The molecule has 10 heteroatoms. The van der Waals surface area contributed by atoms with Crippen LogP contribution in [0.4, 0.5) is 13.2 Å². The molecule has 3 rings (SSSR count). The maximum atomic E-state index is 12.5. The van der Waals surface area contributed by atoms with Gasteiger partial charge in [0.2, 0.25) is 0 Å². The van der Waals surface area contributed by atoms with E-state index in [0.29, 0.717) is 18.7 Å². The zero-order valence-corrected chi connectivity index (χ0v) is 17.7. The van der Waals surface area contributed by atoms with Crippen LogP contribution in [0.25, 0.3) is 0 Å². The van der Waals surface area contributed by atoms with Crippen LogP contribution in [-0.2, 0) is 9.59 Å². The Morgan fingerprint density at radius 3 is 2.09 bits per heavy atom. The van der Waals surface area contributed by atoms with Gasteiger partial charge in [0.25, 0.3) is 0 Å². The Morgan fingerprint density at radius 1 is 1.00 bits per heavy atom. The van der Waals surface area contributed by atoms with Gasteiger partial charge in [-0.1, -0.05) is 12.1 Å². The molecule has 2 aliphatic rings. The number of nitrogens with zero attached hydrogens (tertiary/aromatic N) is 2. The van der Waals surface area contributed by atoms with E-state index in [2.05, 4.69) is 19.9 Å². The maximum absolute atomic E-state index is 12.5. The van der Waals surface area contributed by atoms with Gasteiger partial charge in [-0.05, 0) is 23.6 Å². The van der Waals surface area contributed by atoms with Crippen LogP contribution in [0.15, 0.2) is 36.0 Å². The zero-order valence-electron chi connectivity index (χ0n) is 17.7. The van der Waals surface area contributed by atoms with Crippen molar-refractivity contribution >= 4 is 11.6 Å². The minimum Gasteiger partial charge on any atom is -0.406 e. The summed E-state index contributed by atoms with van der Waals surface area (Å²) in [5, 5.41) is 12.0. The molecule has 2 fully saturated rings. The fraction of sp³-hybridized carbons (Fsp3) is 0.545. The number of allylic oxidation sites excluding steroid dienone is 1. The van der Waals surface area contributed by atoms with Crippen LogP contribution in [-0.4, -0.2) is 85.3 Å². The number of carbonyl (C=O) groups excluding carboxylic acids is 2. The molecular weight excluding hydrogens is 427 g/mol. The van der Waals surface area contributed by atoms with Gasteiger partial charge in [0.05, 0.1) is 12.2 Å². The summed E-state index contributed by atoms with van der Waals surface area (Å²) in [5.41, 5.74) is 0.777. The first-order chi connectivity index (χ1) is 15.2. The summed E-state index contributed by atoms with van der Waals surface area (Å²) in [7, 11) is 0. The SMILES string of the molecule is O=C1CC(c2ccc(OC(F)(F)F)cc2)CC(=O)C1=CNCCN1CCN(CCO)CC1. The van der Waals surface area contributed by atoms with Crippen molar-refractivity contribution < 1.29 is 32.6 Å². The third-order valence-corrected chi connectivity index (χ3v) is 5.75. The van der Waals surface area contributed by atoms with E-state index in [9.17, 15) is 22.8 Å². The van der Waals surface area contributed by atoms with Crippen LogP contribution in [0.2, 0.25) is 0 Å². The molecule has 1 aliphatic heterocycles. The van der Waals surface area contributed by atoms with Crippen molar-refractivity contribution in [2.24, 2.45) is 0 Å². The van der Waals surface area contributed by atoms with E-state index in [1.54, 1.807) is 0 Å². The quantitative estimate of drug-likeness (QED) is 0.351. The zero-order chi connectivity index (χ0) is 23.1. The minimum absolute atomic E-state index is 0.131. The number of aliphatic hydroxyl groups excluding tert-OH is 1. The van der Waals surface area contributed by atoms with Crippen molar-refractivity contribution in [1.29, 1.82) is 0 Å². The summed E-state index contributed by atoms with van der Waals surface area (Å²) in [6.45, 7) is 5.87. The lowest BCUT2D eigenvalue weighted by Gasteiger charge is -2.34. The number of ketones is 2. The van der Waals surface area contributed by atoms with E-state index in [0.717, 1.165) is 32.7 Å². The molecular formula is C22H28F3N3O4.